The number of anilines is 1. The van der Waals surface area contributed by atoms with Crippen molar-refractivity contribution in [2.75, 3.05) is 5.32 Å². The highest BCUT2D eigenvalue weighted by Crippen LogP contribution is 2.33. The van der Waals surface area contributed by atoms with Crippen molar-refractivity contribution in [1.29, 1.82) is 0 Å². The Morgan fingerprint density at radius 3 is 2.70 bits per heavy atom. The number of nitrogens with one attached hydrogen (secondary N) is 1. The summed E-state index contributed by atoms with van der Waals surface area (Å²) < 4.78 is 0. The van der Waals surface area contributed by atoms with Crippen molar-refractivity contribution in [3.05, 3.63) is 35.7 Å². The molecule has 0 aliphatic heterocycles. The smallest absolute Gasteiger partial charge is 0.182 e. The first-order chi connectivity index (χ1) is 9.37. The highest BCUT2D eigenvalue weighted by molar-refractivity contribution is 6.76. The zero-order valence-electron chi connectivity index (χ0n) is 12.9. The van der Waals surface area contributed by atoms with Gasteiger partial charge in [0.1, 0.15) is 5.82 Å². The first-order valence-corrected chi connectivity index (χ1v) is 11.0. The molecule has 0 aromatic carbocycles. The summed E-state index contributed by atoms with van der Waals surface area (Å²) in [5.74, 6) is 1.11. The molecule has 0 fully saturated rings. The van der Waals surface area contributed by atoms with E-state index < -0.39 is 8.07 Å². The summed E-state index contributed by atoms with van der Waals surface area (Å²) in [6.45, 7) is 9.14. The van der Waals surface area contributed by atoms with Crippen molar-refractivity contribution in [2.45, 2.75) is 45.5 Å². The van der Waals surface area contributed by atoms with Crippen LogP contribution in [-0.4, -0.2) is 18.8 Å². The summed E-state index contributed by atoms with van der Waals surface area (Å²) in [5, 5.41) is 3.24. The molecule has 0 radical (unpaired) electrons. The predicted octanol–water partition coefficient (Wildman–Crippen LogP) is 4.08. The first-order valence-electron chi connectivity index (χ1n) is 7.31. The van der Waals surface area contributed by atoms with Crippen LogP contribution in [0.3, 0.4) is 0 Å². The number of nitrogens with zero attached hydrogens (tertiary/aromatic N) is 1. The number of allylic oxidation sites excluding steroid dienone is 2. The molecule has 1 heterocycles. The van der Waals surface area contributed by atoms with Gasteiger partial charge in [-0.25, -0.2) is 4.98 Å². The second kappa shape index (κ2) is 5.91. The Labute approximate surface area is 122 Å². The molecule has 20 heavy (non-hydrogen) atoms. The molecule has 0 amide bonds. The summed E-state index contributed by atoms with van der Waals surface area (Å²) in [4.78, 5) is 16.6. The van der Waals surface area contributed by atoms with E-state index in [2.05, 4.69) is 29.9 Å². The lowest BCUT2D eigenvalue weighted by Gasteiger charge is -2.16. The van der Waals surface area contributed by atoms with Gasteiger partial charge in [0.05, 0.1) is 5.70 Å². The molecular weight excluding hydrogens is 264 g/mol. The van der Waals surface area contributed by atoms with Crippen LogP contribution in [0.2, 0.25) is 25.7 Å². The number of carbonyl (C=O) groups excluding carboxylic acids is 1. The van der Waals surface area contributed by atoms with E-state index in [1.54, 1.807) is 6.20 Å². The maximum absolute atomic E-state index is 12.3. The Hall–Kier alpha value is -1.42. The van der Waals surface area contributed by atoms with E-state index in [0.717, 1.165) is 24.4 Å². The van der Waals surface area contributed by atoms with Crippen LogP contribution in [0.1, 0.15) is 19.8 Å². The minimum Gasteiger partial charge on any atom is -0.337 e. The fourth-order valence-electron chi connectivity index (χ4n) is 2.45. The van der Waals surface area contributed by atoms with Gasteiger partial charge in [-0.2, -0.15) is 0 Å². The molecule has 3 nitrogen and oxygen atoms in total. The van der Waals surface area contributed by atoms with Crippen molar-refractivity contribution in [2.24, 2.45) is 5.92 Å². The number of pyridine rings is 1. The van der Waals surface area contributed by atoms with E-state index in [4.69, 9.17) is 0 Å². The van der Waals surface area contributed by atoms with E-state index in [1.165, 1.54) is 11.6 Å². The molecule has 0 bridgehead atoms. The Morgan fingerprint density at radius 2 is 2.10 bits per heavy atom. The van der Waals surface area contributed by atoms with Gasteiger partial charge >= 0.3 is 0 Å². The van der Waals surface area contributed by atoms with Crippen LogP contribution in [0, 0.1) is 5.92 Å². The molecule has 0 saturated carbocycles. The average Bonchev–Trinajstić information content (AvgIpc) is 2.65. The van der Waals surface area contributed by atoms with Crippen molar-refractivity contribution in [1.82, 2.24) is 4.98 Å². The highest BCUT2D eigenvalue weighted by Gasteiger charge is 2.30. The van der Waals surface area contributed by atoms with Crippen LogP contribution in [0.25, 0.3) is 0 Å². The van der Waals surface area contributed by atoms with Crippen LogP contribution in [0.4, 0.5) is 5.82 Å². The highest BCUT2D eigenvalue weighted by atomic mass is 28.3. The third-order valence-electron chi connectivity index (χ3n) is 3.69. The molecule has 1 aliphatic rings. The van der Waals surface area contributed by atoms with Crippen molar-refractivity contribution in [3.63, 3.8) is 0 Å². The minimum absolute atomic E-state index is 0.109. The van der Waals surface area contributed by atoms with Gasteiger partial charge in [0.2, 0.25) is 0 Å². The minimum atomic E-state index is -1.08. The Bertz CT molecular complexity index is 517. The summed E-state index contributed by atoms with van der Waals surface area (Å²) in [7, 11) is -1.08. The zero-order chi connectivity index (χ0) is 14.8. The summed E-state index contributed by atoms with van der Waals surface area (Å²) in [6, 6.07) is 6.94. The van der Waals surface area contributed by atoms with E-state index in [-0.39, 0.29) is 11.7 Å². The maximum atomic E-state index is 12.3. The topological polar surface area (TPSA) is 42.0 Å². The van der Waals surface area contributed by atoms with Crippen molar-refractivity contribution >= 4 is 19.7 Å². The summed E-state index contributed by atoms with van der Waals surface area (Å²) >= 11 is 0. The monoisotopic (exact) mass is 288 g/mol. The fourth-order valence-corrected chi connectivity index (χ4v) is 3.50. The molecule has 1 N–H and O–H groups in total. The average molecular weight is 288 g/mol. The normalized spacial score (nSPS) is 19.6. The Morgan fingerprint density at radius 1 is 1.35 bits per heavy atom. The molecular formula is C16H24N2OSi. The maximum Gasteiger partial charge on any atom is 0.182 e. The van der Waals surface area contributed by atoms with Crippen molar-refractivity contribution in [3.8, 4) is 0 Å². The molecule has 4 heteroatoms. The molecule has 1 aliphatic carbocycles. The number of hydrogen-bond acceptors (Lipinski definition) is 3. The number of ketones is 1. The van der Waals surface area contributed by atoms with Crippen LogP contribution in [0.5, 0.6) is 0 Å². The largest absolute Gasteiger partial charge is 0.337 e. The van der Waals surface area contributed by atoms with Gasteiger partial charge in [0.25, 0.3) is 0 Å². The first kappa shape index (κ1) is 15.0. The van der Waals surface area contributed by atoms with Gasteiger partial charge in [-0.15, -0.1) is 0 Å². The SMILES string of the molecule is CC1CC(CC[Si](C)(C)C)=C(Nc2ccccn2)C1=O. The standard InChI is InChI=1S/C16H24N2OSi/c1-12-11-13(8-10-20(2,3)4)15(16(12)19)18-14-7-5-6-9-17-14/h5-7,9,12H,8,10-11H2,1-4H3,(H,17,18). The molecule has 1 aromatic heterocycles. The molecule has 1 atom stereocenters. The fraction of sp³-hybridized carbons (Fsp3) is 0.500. The summed E-state index contributed by atoms with van der Waals surface area (Å²) in [5.41, 5.74) is 2.09. The number of hydrogen-bond donors (Lipinski definition) is 1. The number of carbonyl (C=O) groups is 1. The third-order valence-corrected chi connectivity index (χ3v) is 5.44. The second-order valence-electron chi connectivity index (χ2n) is 6.85. The van der Waals surface area contributed by atoms with Gasteiger partial charge in [0, 0.05) is 20.2 Å². The van der Waals surface area contributed by atoms with E-state index in [0.29, 0.717) is 0 Å². The molecule has 108 valence electrons. The zero-order valence-corrected chi connectivity index (χ0v) is 13.9. The van der Waals surface area contributed by atoms with Gasteiger partial charge in [-0.1, -0.05) is 38.7 Å². The number of Topliss-reactive ketones (excluding diaryl/α,β-unsaturated/α-hetero) is 1. The van der Waals surface area contributed by atoms with Crippen molar-refractivity contribution < 1.29 is 4.79 Å². The van der Waals surface area contributed by atoms with E-state index in [1.807, 2.05) is 25.1 Å². The van der Waals surface area contributed by atoms with Gasteiger partial charge in [-0.3, -0.25) is 4.79 Å². The predicted molar refractivity (Wildman–Crippen MR) is 86.4 cm³/mol. The van der Waals surface area contributed by atoms with Gasteiger partial charge in [-0.05, 0) is 30.5 Å². The van der Waals surface area contributed by atoms with E-state index >= 15 is 0 Å². The Balaban J connectivity index is 2.16. The van der Waals surface area contributed by atoms with Crippen LogP contribution in [-0.2, 0) is 4.79 Å². The lowest BCUT2D eigenvalue weighted by molar-refractivity contribution is -0.117. The quantitative estimate of drug-likeness (QED) is 0.830. The number of rotatable bonds is 5. The number of aromatic nitrogens is 1. The summed E-state index contributed by atoms with van der Waals surface area (Å²) in [6.07, 6.45) is 3.69. The molecule has 1 aromatic rings. The van der Waals surface area contributed by atoms with Gasteiger partial charge in [0.15, 0.2) is 5.78 Å². The van der Waals surface area contributed by atoms with Crippen LogP contribution in [0.15, 0.2) is 35.7 Å². The molecule has 0 spiro atoms. The lowest BCUT2D eigenvalue weighted by Crippen LogP contribution is -2.19. The Kier molecular flexibility index (Phi) is 4.43. The van der Waals surface area contributed by atoms with E-state index in [9.17, 15) is 4.79 Å². The molecule has 0 saturated heterocycles. The third kappa shape index (κ3) is 3.79. The second-order valence-corrected chi connectivity index (χ2v) is 12.5. The molecule has 2 rings (SSSR count). The lowest BCUT2D eigenvalue weighted by atomic mass is 10.1. The molecule has 1 unspecified atom stereocenters. The van der Waals surface area contributed by atoms with Crippen LogP contribution >= 0.6 is 0 Å². The van der Waals surface area contributed by atoms with Crippen LogP contribution < -0.4 is 5.32 Å². The van der Waals surface area contributed by atoms with Gasteiger partial charge < -0.3 is 5.32 Å².